The maximum absolute atomic E-state index is 12.8. The first kappa shape index (κ1) is 13.5. The molecule has 0 radical (unpaired) electrons. The summed E-state index contributed by atoms with van der Waals surface area (Å²) in [4.78, 5) is 14.8. The lowest BCUT2D eigenvalue weighted by atomic mass is 10.0. The van der Waals surface area contributed by atoms with Crippen LogP contribution in [-0.2, 0) is 6.42 Å². The number of nitrogens with zero attached hydrogens (tertiary/aromatic N) is 1. The lowest BCUT2D eigenvalue weighted by Gasteiger charge is -2.34. The lowest BCUT2D eigenvalue weighted by molar-refractivity contribution is 0.0655. The van der Waals surface area contributed by atoms with Gasteiger partial charge in [-0.1, -0.05) is 30.3 Å². The second-order valence-corrected chi connectivity index (χ2v) is 6.26. The Labute approximate surface area is 131 Å². The molecule has 22 heavy (non-hydrogen) atoms. The topological polar surface area (TPSA) is 32.3 Å². The van der Waals surface area contributed by atoms with Crippen LogP contribution in [0.1, 0.15) is 28.4 Å². The van der Waals surface area contributed by atoms with E-state index in [2.05, 4.69) is 48.6 Å². The van der Waals surface area contributed by atoms with E-state index in [1.165, 1.54) is 22.3 Å². The maximum atomic E-state index is 12.8. The van der Waals surface area contributed by atoms with Gasteiger partial charge in [0.15, 0.2) is 0 Å². The Kier molecular flexibility index (Phi) is 3.23. The average molecular weight is 292 g/mol. The number of carbonyl (C=O) groups is 1. The highest BCUT2D eigenvalue weighted by Crippen LogP contribution is 2.36. The van der Waals surface area contributed by atoms with Crippen molar-refractivity contribution in [1.82, 2.24) is 10.2 Å². The van der Waals surface area contributed by atoms with Crippen molar-refractivity contribution in [2.75, 3.05) is 19.6 Å². The SMILES string of the molecule is C[C@H]1CNCCN1C(=O)c1ccc2c(c1)Cc1ccccc1-2. The van der Waals surface area contributed by atoms with Gasteiger partial charge in [-0.25, -0.2) is 0 Å². The fourth-order valence-electron chi connectivity index (χ4n) is 3.59. The Morgan fingerprint density at radius 1 is 1.14 bits per heavy atom. The van der Waals surface area contributed by atoms with Gasteiger partial charge < -0.3 is 10.2 Å². The van der Waals surface area contributed by atoms with Crippen LogP contribution in [0.15, 0.2) is 42.5 Å². The predicted molar refractivity (Wildman–Crippen MR) is 88.1 cm³/mol. The molecule has 1 saturated heterocycles. The van der Waals surface area contributed by atoms with E-state index in [0.717, 1.165) is 31.6 Å². The molecule has 1 heterocycles. The highest BCUT2D eigenvalue weighted by molar-refractivity contribution is 5.96. The Bertz CT molecular complexity index is 738. The van der Waals surface area contributed by atoms with Gasteiger partial charge in [-0.3, -0.25) is 4.79 Å². The lowest BCUT2D eigenvalue weighted by Crippen LogP contribution is -2.52. The van der Waals surface area contributed by atoms with E-state index in [0.29, 0.717) is 0 Å². The molecule has 1 fully saturated rings. The van der Waals surface area contributed by atoms with Crippen molar-refractivity contribution in [3.8, 4) is 11.1 Å². The van der Waals surface area contributed by atoms with Crippen molar-refractivity contribution in [3.63, 3.8) is 0 Å². The predicted octanol–water partition coefficient (Wildman–Crippen LogP) is 2.69. The Morgan fingerprint density at radius 3 is 2.82 bits per heavy atom. The standard InChI is InChI=1S/C19H20N2O/c1-13-12-20-8-9-21(13)19(22)15-6-7-18-16(11-15)10-14-4-2-3-5-17(14)18/h2-7,11,13,20H,8-10,12H2,1H3/t13-/m0/s1. The van der Waals surface area contributed by atoms with Gasteiger partial charge in [0, 0.05) is 31.2 Å². The number of carbonyl (C=O) groups excluding carboxylic acids is 1. The van der Waals surface area contributed by atoms with E-state index in [1.807, 2.05) is 11.0 Å². The number of nitrogens with one attached hydrogen (secondary N) is 1. The highest BCUT2D eigenvalue weighted by atomic mass is 16.2. The molecule has 1 aliphatic carbocycles. The number of rotatable bonds is 1. The summed E-state index contributed by atoms with van der Waals surface area (Å²) in [6.07, 6.45) is 0.934. The number of benzene rings is 2. The van der Waals surface area contributed by atoms with Crippen LogP contribution in [0.5, 0.6) is 0 Å². The minimum absolute atomic E-state index is 0.160. The van der Waals surface area contributed by atoms with Crippen LogP contribution >= 0.6 is 0 Å². The second-order valence-electron chi connectivity index (χ2n) is 6.26. The molecule has 1 aliphatic heterocycles. The summed E-state index contributed by atoms with van der Waals surface area (Å²) in [6.45, 7) is 4.65. The van der Waals surface area contributed by atoms with E-state index in [9.17, 15) is 4.79 Å². The smallest absolute Gasteiger partial charge is 0.254 e. The summed E-state index contributed by atoms with van der Waals surface area (Å²) in [6, 6.07) is 14.9. The van der Waals surface area contributed by atoms with Gasteiger partial charge in [-0.15, -0.1) is 0 Å². The van der Waals surface area contributed by atoms with Crippen LogP contribution in [0.3, 0.4) is 0 Å². The molecule has 3 heteroatoms. The van der Waals surface area contributed by atoms with E-state index in [-0.39, 0.29) is 11.9 Å². The minimum atomic E-state index is 0.160. The molecule has 1 amide bonds. The summed E-state index contributed by atoms with van der Waals surface area (Å²) in [5, 5.41) is 3.33. The fraction of sp³-hybridized carbons (Fsp3) is 0.316. The summed E-state index contributed by atoms with van der Waals surface area (Å²) in [5.41, 5.74) is 6.04. The number of piperazine rings is 1. The number of hydrogen-bond donors (Lipinski definition) is 1. The molecule has 112 valence electrons. The average Bonchev–Trinajstić information content (AvgIpc) is 2.92. The van der Waals surface area contributed by atoms with E-state index < -0.39 is 0 Å². The van der Waals surface area contributed by atoms with Crippen molar-refractivity contribution in [3.05, 3.63) is 59.2 Å². The third-order valence-corrected chi connectivity index (χ3v) is 4.80. The van der Waals surface area contributed by atoms with Gasteiger partial charge in [0.05, 0.1) is 0 Å². The Balaban J connectivity index is 1.65. The Hall–Kier alpha value is -2.13. The number of hydrogen-bond acceptors (Lipinski definition) is 2. The molecular weight excluding hydrogens is 272 g/mol. The highest BCUT2D eigenvalue weighted by Gasteiger charge is 2.25. The van der Waals surface area contributed by atoms with Crippen molar-refractivity contribution in [2.45, 2.75) is 19.4 Å². The van der Waals surface area contributed by atoms with Gasteiger partial charge >= 0.3 is 0 Å². The molecule has 1 N–H and O–H groups in total. The van der Waals surface area contributed by atoms with Crippen LogP contribution in [0.4, 0.5) is 0 Å². The normalized spacial score (nSPS) is 19.7. The third kappa shape index (κ3) is 2.13. The molecule has 3 nitrogen and oxygen atoms in total. The van der Waals surface area contributed by atoms with Gasteiger partial charge in [0.25, 0.3) is 5.91 Å². The minimum Gasteiger partial charge on any atom is -0.333 e. The first-order chi connectivity index (χ1) is 10.7. The van der Waals surface area contributed by atoms with Crippen molar-refractivity contribution >= 4 is 5.91 Å². The van der Waals surface area contributed by atoms with Crippen LogP contribution in [-0.4, -0.2) is 36.5 Å². The van der Waals surface area contributed by atoms with Crippen molar-refractivity contribution in [2.24, 2.45) is 0 Å². The molecule has 4 rings (SSSR count). The van der Waals surface area contributed by atoms with E-state index in [4.69, 9.17) is 0 Å². The Morgan fingerprint density at radius 2 is 1.95 bits per heavy atom. The van der Waals surface area contributed by atoms with Gasteiger partial charge in [0.2, 0.25) is 0 Å². The molecule has 0 aromatic heterocycles. The molecule has 2 aromatic rings. The molecule has 1 atom stereocenters. The number of amides is 1. The summed E-state index contributed by atoms with van der Waals surface area (Å²) < 4.78 is 0. The fourth-order valence-corrected chi connectivity index (χ4v) is 3.59. The zero-order chi connectivity index (χ0) is 15.1. The summed E-state index contributed by atoms with van der Waals surface area (Å²) in [7, 11) is 0. The zero-order valence-corrected chi connectivity index (χ0v) is 12.8. The van der Waals surface area contributed by atoms with Gasteiger partial charge in [-0.05, 0) is 47.7 Å². The third-order valence-electron chi connectivity index (χ3n) is 4.80. The van der Waals surface area contributed by atoms with E-state index in [1.54, 1.807) is 0 Å². The zero-order valence-electron chi connectivity index (χ0n) is 12.8. The first-order valence-electron chi connectivity index (χ1n) is 7.97. The van der Waals surface area contributed by atoms with E-state index >= 15 is 0 Å². The monoisotopic (exact) mass is 292 g/mol. The molecule has 0 saturated carbocycles. The largest absolute Gasteiger partial charge is 0.333 e. The summed E-state index contributed by atoms with van der Waals surface area (Å²) in [5.74, 6) is 0.160. The number of fused-ring (bicyclic) bond motifs is 3. The first-order valence-corrected chi connectivity index (χ1v) is 7.97. The van der Waals surface area contributed by atoms with Gasteiger partial charge in [-0.2, -0.15) is 0 Å². The molecule has 0 unspecified atom stereocenters. The molecule has 2 aromatic carbocycles. The van der Waals surface area contributed by atoms with Crippen molar-refractivity contribution < 1.29 is 4.79 Å². The van der Waals surface area contributed by atoms with Crippen LogP contribution in [0.2, 0.25) is 0 Å². The molecule has 2 aliphatic rings. The van der Waals surface area contributed by atoms with Crippen LogP contribution in [0, 0.1) is 0 Å². The van der Waals surface area contributed by atoms with Crippen molar-refractivity contribution in [1.29, 1.82) is 0 Å². The maximum Gasteiger partial charge on any atom is 0.254 e. The molecular formula is C19H20N2O. The van der Waals surface area contributed by atoms with Gasteiger partial charge in [0.1, 0.15) is 0 Å². The molecule has 0 spiro atoms. The quantitative estimate of drug-likeness (QED) is 0.748. The van der Waals surface area contributed by atoms with Crippen LogP contribution < -0.4 is 5.32 Å². The second kappa shape index (κ2) is 5.25. The molecule has 0 bridgehead atoms. The van der Waals surface area contributed by atoms with Crippen LogP contribution in [0.25, 0.3) is 11.1 Å². The summed E-state index contributed by atoms with van der Waals surface area (Å²) >= 11 is 0.